The minimum absolute atomic E-state index is 0.340. The molecule has 0 radical (unpaired) electrons. The maximum atomic E-state index is 5.18. The molecule has 0 amide bonds. The fourth-order valence-corrected chi connectivity index (χ4v) is 5.28. The second kappa shape index (κ2) is 10.6. The standard InChI is InChI=1S/C37H29N5/c1-23(2)31-20-18-25-17-19-30-24(3)21-32(39-34(30)33(25)38-31)28-15-10-16-29(22-28)37-41-35(26-11-6-4-7-12-26)40-36(42-37)27-13-8-5-9-14-27/h4-23H,1-3H3. The van der Waals surface area contributed by atoms with Crippen molar-refractivity contribution in [3.05, 3.63) is 127 Å². The van der Waals surface area contributed by atoms with E-state index in [1.54, 1.807) is 0 Å². The summed E-state index contributed by atoms with van der Waals surface area (Å²) in [4.78, 5) is 24.9. The molecule has 0 atom stereocenters. The third-order valence-electron chi connectivity index (χ3n) is 7.57. The Balaban J connectivity index is 1.38. The Hall–Kier alpha value is -5.29. The number of benzene rings is 4. The lowest BCUT2D eigenvalue weighted by Gasteiger charge is -2.12. The Morgan fingerprint density at radius 1 is 0.476 bits per heavy atom. The van der Waals surface area contributed by atoms with E-state index in [9.17, 15) is 0 Å². The first-order valence-electron chi connectivity index (χ1n) is 14.2. The highest BCUT2D eigenvalue weighted by Crippen LogP contribution is 2.32. The molecular weight excluding hydrogens is 514 g/mol. The van der Waals surface area contributed by atoms with E-state index in [0.29, 0.717) is 23.4 Å². The van der Waals surface area contributed by atoms with E-state index in [1.807, 2.05) is 72.8 Å². The zero-order chi connectivity index (χ0) is 28.6. The number of fused-ring (bicyclic) bond motifs is 3. The van der Waals surface area contributed by atoms with Gasteiger partial charge in [-0.1, -0.05) is 111 Å². The average molecular weight is 544 g/mol. The van der Waals surface area contributed by atoms with Gasteiger partial charge in [-0.2, -0.15) is 0 Å². The number of hydrogen-bond donors (Lipinski definition) is 0. The number of nitrogens with zero attached hydrogens (tertiary/aromatic N) is 5. The highest BCUT2D eigenvalue weighted by atomic mass is 15.0. The molecule has 7 aromatic rings. The third kappa shape index (κ3) is 4.79. The third-order valence-corrected chi connectivity index (χ3v) is 7.57. The Labute approximate surface area is 245 Å². The summed E-state index contributed by atoms with van der Waals surface area (Å²) in [6.07, 6.45) is 0. The summed E-state index contributed by atoms with van der Waals surface area (Å²) in [7, 11) is 0. The van der Waals surface area contributed by atoms with Crippen LogP contribution in [0.2, 0.25) is 0 Å². The van der Waals surface area contributed by atoms with E-state index in [2.05, 4.69) is 63.2 Å². The summed E-state index contributed by atoms with van der Waals surface area (Å²) in [5.74, 6) is 2.24. The lowest BCUT2D eigenvalue weighted by molar-refractivity contribution is 0.830. The lowest BCUT2D eigenvalue weighted by atomic mass is 10.0. The maximum Gasteiger partial charge on any atom is 0.164 e. The van der Waals surface area contributed by atoms with Crippen LogP contribution in [0, 0.1) is 6.92 Å². The second-order valence-corrected chi connectivity index (χ2v) is 10.9. The van der Waals surface area contributed by atoms with Crippen molar-refractivity contribution < 1.29 is 0 Å². The molecule has 0 unspecified atom stereocenters. The normalized spacial score (nSPS) is 11.4. The molecule has 0 N–H and O–H groups in total. The zero-order valence-electron chi connectivity index (χ0n) is 23.8. The van der Waals surface area contributed by atoms with Gasteiger partial charge in [0.25, 0.3) is 0 Å². The minimum Gasteiger partial charge on any atom is -0.250 e. The SMILES string of the molecule is Cc1cc(-c2cccc(-c3nc(-c4ccccc4)nc(-c4ccccc4)n3)c2)nc2c1ccc1ccc(C(C)C)nc12. The fraction of sp³-hybridized carbons (Fsp3) is 0.108. The van der Waals surface area contributed by atoms with Gasteiger partial charge in [0.1, 0.15) is 0 Å². The molecule has 0 bridgehead atoms. The summed E-state index contributed by atoms with van der Waals surface area (Å²) in [5.41, 5.74) is 8.79. The molecular formula is C37H29N5. The highest BCUT2D eigenvalue weighted by molar-refractivity contribution is 6.04. The van der Waals surface area contributed by atoms with Crippen LogP contribution in [-0.2, 0) is 0 Å². The molecule has 202 valence electrons. The average Bonchev–Trinajstić information content (AvgIpc) is 3.05. The summed E-state index contributed by atoms with van der Waals surface area (Å²) in [5, 5.41) is 2.21. The first-order valence-corrected chi connectivity index (χ1v) is 14.2. The molecule has 0 spiro atoms. The monoisotopic (exact) mass is 543 g/mol. The van der Waals surface area contributed by atoms with Crippen LogP contribution in [-0.4, -0.2) is 24.9 Å². The van der Waals surface area contributed by atoms with Crippen molar-refractivity contribution in [1.29, 1.82) is 0 Å². The van der Waals surface area contributed by atoms with E-state index in [4.69, 9.17) is 24.9 Å². The van der Waals surface area contributed by atoms with E-state index in [1.165, 1.54) is 0 Å². The van der Waals surface area contributed by atoms with Gasteiger partial charge in [0.05, 0.1) is 16.7 Å². The predicted molar refractivity (Wildman–Crippen MR) is 171 cm³/mol. The van der Waals surface area contributed by atoms with Crippen LogP contribution in [0.3, 0.4) is 0 Å². The van der Waals surface area contributed by atoms with Crippen LogP contribution in [0.1, 0.15) is 31.0 Å². The first-order chi connectivity index (χ1) is 20.5. The van der Waals surface area contributed by atoms with Crippen molar-refractivity contribution >= 4 is 21.8 Å². The van der Waals surface area contributed by atoms with Gasteiger partial charge in [-0.25, -0.2) is 19.9 Å². The van der Waals surface area contributed by atoms with E-state index >= 15 is 0 Å². The molecule has 0 saturated carbocycles. The number of aryl methyl sites for hydroxylation is 1. The molecule has 3 heterocycles. The number of rotatable bonds is 5. The van der Waals surface area contributed by atoms with Gasteiger partial charge in [0, 0.05) is 38.7 Å². The van der Waals surface area contributed by atoms with Gasteiger partial charge in [-0.15, -0.1) is 0 Å². The predicted octanol–water partition coefficient (Wildman–Crippen LogP) is 9.07. The topological polar surface area (TPSA) is 64.5 Å². The first kappa shape index (κ1) is 25.7. The number of aromatic nitrogens is 5. The maximum absolute atomic E-state index is 5.18. The molecule has 7 rings (SSSR count). The van der Waals surface area contributed by atoms with Crippen molar-refractivity contribution in [3.8, 4) is 45.4 Å². The highest BCUT2D eigenvalue weighted by Gasteiger charge is 2.15. The Morgan fingerprint density at radius 2 is 1.05 bits per heavy atom. The number of hydrogen-bond acceptors (Lipinski definition) is 5. The van der Waals surface area contributed by atoms with Gasteiger partial charge in [-0.05, 0) is 36.6 Å². The molecule has 0 aliphatic heterocycles. The molecule has 4 aromatic carbocycles. The van der Waals surface area contributed by atoms with E-state index < -0.39 is 0 Å². The molecule has 3 aromatic heterocycles. The fourth-order valence-electron chi connectivity index (χ4n) is 5.28. The van der Waals surface area contributed by atoms with Crippen molar-refractivity contribution in [3.63, 3.8) is 0 Å². The van der Waals surface area contributed by atoms with Crippen molar-refractivity contribution in [2.24, 2.45) is 0 Å². The largest absolute Gasteiger partial charge is 0.250 e. The van der Waals surface area contributed by atoms with Crippen molar-refractivity contribution in [2.75, 3.05) is 0 Å². The molecule has 0 aliphatic rings. The smallest absolute Gasteiger partial charge is 0.164 e. The summed E-state index contributed by atoms with van der Waals surface area (Å²) in [6, 6.07) is 39.1. The lowest BCUT2D eigenvalue weighted by Crippen LogP contribution is -2.00. The van der Waals surface area contributed by atoms with Crippen LogP contribution in [0.25, 0.3) is 67.2 Å². The molecule has 42 heavy (non-hydrogen) atoms. The van der Waals surface area contributed by atoms with Crippen molar-refractivity contribution in [1.82, 2.24) is 24.9 Å². The second-order valence-electron chi connectivity index (χ2n) is 10.9. The molecule has 5 heteroatoms. The van der Waals surface area contributed by atoms with Gasteiger partial charge in [0.2, 0.25) is 0 Å². The van der Waals surface area contributed by atoms with Crippen LogP contribution < -0.4 is 0 Å². The minimum atomic E-state index is 0.340. The Bertz CT molecular complexity index is 2010. The Kier molecular flexibility index (Phi) is 6.48. The van der Waals surface area contributed by atoms with Crippen LogP contribution in [0.15, 0.2) is 115 Å². The van der Waals surface area contributed by atoms with Crippen molar-refractivity contribution in [2.45, 2.75) is 26.7 Å². The summed E-state index contributed by atoms with van der Waals surface area (Å²) >= 11 is 0. The summed E-state index contributed by atoms with van der Waals surface area (Å²) < 4.78 is 0. The van der Waals surface area contributed by atoms with Crippen LogP contribution >= 0.6 is 0 Å². The Morgan fingerprint density at radius 3 is 1.69 bits per heavy atom. The molecule has 0 saturated heterocycles. The van der Waals surface area contributed by atoms with E-state index in [0.717, 1.165) is 61.0 Å². The van der Waals surface area contributed by atoms with Gasteiger partial charge in [-0.3, -0.25) is 4.98 Å². The van der Waals surface area contributed by atoms with Gasteiger partial charge in [0.15, 0.2) is 17.5 Å². The van der Waals surface area contributed by atoms with Gasteiger partial charge < -0.3 is 0 Å². The molecule has 0 fully saturated rings. The molecule has 0 aliphatic carbocycles. The van der Waals surface area contributed by atoms with Gasteiger partial charge >= 0.3 is 0 Å². The quantitative estimate of drug-likeness (QED) is 0.203. The summed E-state index contributed by atoms with van der Waals surface area (Å²) in [6.45, 7) is 6.48. The van der Waals surface area contributed by atoms with Crippen LogP contribution in [0.5, 0.6) is 0 Å². The van der Waals surface area contributed by atoms with Crippen LogP contribution in [0.4, 0.5) is 0 Å². The number of pyridine rings is 2. The zero-order valence-corrected chi connectivity index (χ0v) is 23.8. The van der Waals surface area contributed by atoms with E-state index in [-0.39, 0.29) is 0 Å². The molecule has 5 nitrogen and oxygen atoms in total.